The summed E-state index contributed by atoms with van der Waals surface area (Å²) < 4.78 is 0. The van der Waals surface area contributed by atoms with E-state index in [0.29, 0.717) is 17.8 Å². The van der Waals surface area contributed by atoms with Crippen molar-refractivity contribution in [3.63, 3.8) is 0 Å². The Bertz CT molecular complexity index is 750. The van der Waals surface area contributed by atoms with Gasteiger partial charge in [-0.05, 0) is 41.5 Å². The van der Waals surface area contributed by atoms with Gasteiger partial charge < -0.3 is 9.80 Å². The molecule has 0 aromatic heterocycles. The first kappa shape index (κ1) is 17.5. The van der Waals surface area contributed by atoms with Crippen LogP contribution in [0.2, 0.25) is 0 Å². The highest BCUT2D eigenvalue weighted by Crippen LogP contribution is 2.37. The standard InChI is InChI=1S/C22H29N3/c1-15(2)18-10-8-11-19(16(3)4)21(18)25-14-13-24(22(25)23)20-12-7-6-9-17(20)5/h6-12,15-16,23H,13-14H2,1-5H3. The van der Waals surface area contributed by atoms with E-state index in [2.05, 4.69) is 86.9 Å². The molecule has 0 radical (unpaired) electrons. The molecular formula is C22H29N3. The van der Waals surface area contributed by atoms with E-state index in [4.69, 9.17) is 5.41 Å². The first-order chi connectivity index (χ1) is 11.9. The highest BCUT2D eigenvalue weighted by Gasteiger charge is 2.31. The average Bonchev–Trinajstić information content (AvgIpc) is 2.95. The molecule has 2 aromatic rings. The lowest BCUT2D eigenvalue weighted by Crippen LogP contribution is -2.34. The minimum atomic E-state index is 0.439. The molecule has 1 heterocycles. The molecule has 1 saturated heterocycles. The zero-order chi connectivity index (χ0) is 18.1. The summed E-state index contributed by atoms with van der Waals surface area (Å²) >= 11 is 0. The number of nitrogens with zero attached hydrogens (tertiary/aromatic N) is 2. The van der Waals surface area contributed by atoms with Crippen LogP contribution >= 0.6 is 0 Å². The number of aryl methyl sites for hydroxylation is 1. The summed E-state index contributed by atoms with van der Waals surface area (Å²) in [6.45, 7) is 12.8. The van der Waals surface area contributed by atoms with E-state index in [0.717, 1.165) is 18.8 Å². The third kappa shape index (κ3) is 3.15. The van der Waals surface area contributed by atoms with Crippen LogP contribution in [0.1, 0.15) is 56.2 Å². The molecule has 0 aliphatic carbocycles. The Morgan fingerprint density at radius 3 is 1.92 bits per heavy atom. The zero-order valence-electron chi connectivity index (χ0n) is 16.0. The number of anilines is 2. The normalized spacial score (nSPS) is 14.9. The van der Waals surface area contributed by atoms with Gasteiger partial charge in [-0.25, -0.2) is 0 Å². The molecule has 0 unspecified atom stereocenters. The molecule has 1 aliphatic heterocycles. The van der Waals surface area contributed by atoms with Crippen LogP contribution in [0.3, 0.4) is 0 Å². The van der Waals surface area contributed by atoms with Gasteiger partial charge in [-0.3, -0.25) is 5.41 Å². The van der Waals surface area contributed by atoms with Crippen molar-refractivity contribution in [1.29, 1.82) is 5.41 Å². The largest absolute Gasteiger partial charge is 0.310 e. The Morgan fingerprint density at radius 1 is 0.800 bits per heavy atom. The first-order valence-electron chi connectivity index (χ1n) is 9.24. The van der Waals surface area contributed by atoms with Gasteiger partial charge in [0.1, 0.15) is 0 Å². The molecule has 3 rings (SSSR count). The molecule has 132 valence electrons. The molecule has 0 amide bonds. The second-order valence-corrected chi connectivity index (χ2v) is 7.51. The third-order valence-corrected chi connectivity index (χ3v) is 5.08. The number of benzene rings is 2. The van der Waals surface area contributed by atoms with Gasteiger partial charge in [0.05, 0.1) is 5.69 Å². The lowest BCUT2D eigenvalue weighted by atomic mass is 9.92. The van der Waals surface area contributed by atoms with Crippen LogP contribution in [0.15, 0.2) is 42.5 Å². The van der Waals surface area contributed by atoms with E-state index in [9.17, 15) is 0 Å². The number of nitrogens with one attached hydrogen (secondary N) is 1. The van der Waals surface area contributed by atoms with E-state index in [1.807, 2.05) is 0 Å². The minimum Gasteiger partial charge on any atom is -0.310 e. The quantitative estimate of drug-likeness (QED) is 0.799. The van der Waals surface area contributed by atoms with Crippen molar-refractivity contribution in [2.45, 2.75) is 46.5 Å². The molecule has 1 N–H and O–H groups in total. The Labute approximate surface area is 151 Å². The topological polar surface area (TPSA) is 30.3 Å². The summed E-state index contributed by atoms with van der Waals surface area (Å²) in [5, 5.41) is 8.86. The maximum atomic E-state index is 8.86. The maximum absolute atomic E-state index is 8.86. The van der Waals surface area contributed by atoms with E-state index in [-0.39, 0.29) is 0 Å². The number of para-hydroxylation sites is 2. The van der Waals surface area contributed by atoms with Gasteiger partial charge in [-0.2, -0.15) is 0 Å². The van der Waals surface area contributed by atoms with E-state index < -0.39 is 0 Å². The van der Waals surface area contributed by atoms with Gasteiger partial charge in [0.15, 0.2) is 0 Å². The first-order valence-corrected chi connectivity index (χ1v) is 9.24. The van der Waals surface area contributed by atoms with Crippen molar-refractivity contribution < 1.29 is 0 Å². The second kappa shape index (κ2) is 6.91. The number of guanidine groups is 1. The molecule has 2 aromatic carbocycles. The van der Waals surface area contributed by atoms with Crippen LogP contribution in [0.4, 0.5) is 11.4 Å². The van der Waals surface area contributed by atoms with Crippen molar-refractivity contribution in [3.8, 4) is 0 Å². The fourth-order valence-corrected chi connectivity index (χ4v) is 3.70. The molecule has 0 spiro atoms. The van der Waals surface area contributed by atoms with Crippen molar-refractivity contribution in [3.05, 3.63) is 59.2 Å². The predicted octanol–water partition coefficient (Wildman–Crippen LogP) is 5.50. The van der Waals surface area contributed by atoms with Crippen molar-refractivity contribution >= 4 is 17.3 Å². The highest BCUT2D eigenvalue weighted by atomic mass is 15.4. The minimum absolute atomic E-state index is 0.439. The SMILES string of the molecule is Cc1ccccc1N1CCN(c2c(C(C)C)cccc2C(C)C)C1=N. The molecule has 0 saturated carbocycles. The Morgan fingerprint density at radius 2 is 1.36 bits per heavy atom. The maximum Gasteiger partial charge on any atom is 0.203 e. The van der Waals surface area contributed by atoms with Crippen LogP contribution in [0.25, 0.3) is 0 Å². The van der Waals surface area contributed by atoms with Gasteiger partial charge in [0, 0.05) is 18.8 Å². The molecule has 0 bridgehead atoms. The van der Waals surface area contributed by atoms with Gasteiger partial charge in [0.25, 0.3) is 0 Å². The van der Waals surface area contributed by atoms with Crippen molar-refractivity contribution in [1.82, 2.24) is 0 Å². The molecule has 0 atom stereocenters. The van der Waals surface area contributed by atoms with Gasteiger partial charge in [-0.1, -0.05) is 64.1 Å². The summed E-state index contributed by atoms with van der Waals surface area (Å²) in [6.07, 6.45) is 0. The lowest BCUT2D eigenvalue weighted by molar-refractivity contribution is 0.824. The number of hydrogen-bond acceptors (Lipinski definition) is 1. The lowest BCUT2D eigenvalue weighted by Gasteiger charge is -2.29. The van der Waals surface area contributed by atoms with Crippen LogP contribution in [-0.4, -0.2) is 19.0 Å². The summed E-state index contributed by atoms with van der Waals surface area (Å²) in [6, 6.07) is 14.9. The van der Waals surface area contributed by atoms with Gasteiger partial charge in [-0.15, -0.1) is 0 Å². The van der Waals surface area contributed by atoms with Gasteiger partial charge in [0.2, 0.25) is 5.96 Å². The smallest absolute Gasteiger partial charge is 0.203 e. The second-order valence-electron chi connectivity index (χ2n) is 7.51. The van der Waals surface area contributed by atoms with Gasteiger partial charge >= 0.3 is 0 Å². The Hall–Kier alpha value is -2.29. The molecular weight excluding hydrogens is 306 g/mol. The van der Waals surface area contributed by atoms with E-state index >= 15 is 0 Å². The fraction of sp³-hybridized carbons (Fsp3) is 0.409. The van der Waals surface area contributed by atoms with E-state index in [1.165, 1.54) is 22.4 Å². The summed E-state index contributed by atoms with van der Waals surface area (Å²) in [5.74, 6) is 1.47. The van der Waals surface area contributed by atoms with Crippen molar-refractivity contribution in [2.75, 3.05) is 22.9 Å². The molecule has 25 heavy (non-hydrogen) atoms. The number of rotatable bonds is 4. The molecule has 3 heteroatoms. The Balaban J connectivity index is 2.04. The number of hydrogen-bond donors (Lipinski definition) is 1. The summed E-state index contributed by atoms with van der Waals surface area (Å²) in [5.41, 5.74) is 6.28. The van der Waals surface area contributed by atoms with Crippen LogP contribution in [0, 0.1) is 12.3 Å². The monoisotopic (exact) mass is 335 g/mol. The molecule has 1 aliphatic rings. The fourth-order valence-electron chi connectivity index (χ4n) is 3.70. The highest BCUT2D eigenvalue weighted by molar-refractivity contribution is 6.08. The summed E-state index contributed by atoms with van der Waals surface area (Å²) in [7, 11) is 0. The van der Waals surface area contributed by atoms with E-state index in [1.54, 1.807) is 0 Å². The average molecular weight is 335 g/mol. The van der Waals surface area contributed by atoms with Crippen LogP contribution in [0.5, 0.6) is 0 Å². The molecule has 3 nitrogen and oxygen atoms in total. The summed E-state index contributed by atoms with van der Waals surface area (Å²) in [4.78, 5) is 4.34. The Kier molecular flexibility index (Phi) is 4.85. The van der Waals surface area contributed by atoms with Crippen molar-refractivity contribution in [2.24, 2.45) is 0 Å². The third-order valence-electron chi connectivity index (χ3n) is 5.08. The predicted molar refractivity (Wildman–Crippen MR) is 108 cm³/mol. The molecule has 1 fully saturated rings. The zero-order valence-corrected chi connectivity index (χ0v) is 16.0. The van der Waals surface area contributed by atoms with Crippen LogP contribution < -0.4 is 9.80 Å². The van der Waals surface area contributed by atoms with Crippen LogP contribution in [-0.2, 0) is 0 Å².